The minimum absolute atomic E-state index is 0.0457. The van der Waals surface area contributed by atoms with E-state index in [0.717, 1.165) is 30.6 Å². The van der Waals surface area contributed by atoms with Gasteiger partial charge in [0.1, 0.15) is 5.75 Å². The van der Waals surface area contributed by atoms with Gasteiger partial charge in [-0.05, 0) is 92.0 Å². The van der Waals surface area contributed by atoms with Crippen LogP contribution in [0.15, 0.2) is 24.3 Å². The van der Waals surface area contributed by atoms with Gasteiger partial charge in [-0.2, -0.15) is 0 Å². The smallest absolute Gasteiger partial charge is 0.192 e. The average molecular weight is 677 g/mol. The molecule has 0 saturated heterocycles. The van der Waals surface area contributed by atoms with Crippen molar-refractivity contribution in [3.63, 3.8) is 0 Å². The number of hydrogen-bond donors (Lipinski definition) is 1. The highest BCUT2D eigenvalue weighted by molar-refractivity contribution is 6.74. The van der Waals surface area contributed by atoms with Gasteiger partial charge in [0.05, 0.1) is 32.0 Å². The van der Waals surface area contributed by atoms with Crippen LogP contribution in [0.4, 0.5) is 0 Å². The van der Waals surface area contributed by atoms with Crippen LogP contribution in [0.5, 0.6) is 5.75 Å². The van der Waals surface area contributed by atoms with Crippen LogP contribution in [0.3, 0.4) is 0 Å². The molecule has 46 heavy (non-hydrogen) atoms. The topological polar surface area (TPSA) is 57.2 Å². The third-order valence-electron chi connectivity index (χ3n) is 11.1. The minimum Gasteiger partial charge on any atom is -0.497 e. The molecule has 1 aromatic carbocycles. The van der Waals surface area contributed by atoms with Gasteiger partial charge in [-0.25, -0.2) is 0 Å². The monoisotopic (exact) mass is 676 g/mol. The molecule has 5 nitrogen and oxygen atoms in total. The standard InChI is InChI=1S/C39H72O5Si2/c1-18-29(3)36(40)30(4)25-28(2)19-24-35(44-46(16,17)39(10,11)12)32(6)37(31(5)26-43-45(14,15)38(7,8)9)42-27-33-20-22-34(41-13)23-21-33/h1,20-23,28-32,35-37,40H,19,24-27H2,2-17H3/t28-,29+,30-,31-,32-,35+,36+,37-/m0/s1. The summed E-state index contributed by atoms with van der Waals surface area (Å²) in [5.41, 5.74) is 1.12. The highest BCUT2D eigenvalue weighted by Gasteiger charge is 2.43. The van der Waals surface area contributed by atoms with Gasteiger partial charge in [-0.3, -0.25) is 0 Å². The molecule has 0 aliphatic carbocycles. The van der Waals surface area contributed by atoms with Gasteiger partial charge in [-0.1, -0.05) is 81.4 Å². The Morgan fingerprint density at radius 1 is 0.826 bits per heavy atom. The Hall–Kier alpha value is -1.15. The Morgan fingerprint density at radius 2 is 1.37 bits per heavy atom. The molecular formula is C39H72O5Si2. The van der Waals surface area contributed by atoms with Crippen molar-refractivity contribution in [2.45, 2.75) is 157 Å². The summed E-state index contributed by atoms with van der Waals surface area (Å²) in [5, 5.41) is 11.0. The van der Waals surface area contributed by atoms with Crippen LogP contribution in [0.2, 0.25) is 36.3 Å². The van der Waals surface area contributed by atoms with Crippen molar-refractivity contribution in [2.24, 2.45) is 29.6 Å². The average Bonchev–Trinajstić information content (AvgIpc) is 2.96. The molecule has 1 N–H and O–H groups in total. The lowest BCUT2D eigenvalue weighted by Gasteiger charge is -2.44. The predicted octanol–water partition coefficient (Wildman–Crippen LogP) is 10.3. The second-order valence-corrected chi connectivity index (χ2v) is 26.9. The molecule has 8 atom stereocenters. The molecule has 7 heteroatoms. The number of benzene rings is 1. The van der Waals surface area contributed by atoms with E-state index in [9.17, 15) is 5.11 Å². The second kappa shape index (κ2) is 18.0. The van der Waals surface area contributed by atoms with E-state index in [0.29, 0.717) is 19.1 Å². The van der Waals surface area contributed by atoms with Crippen molar-refractivity contribution in [2.75, 3.05) is 13.7 Å². The molecule has 0 radical (unpaired) electrons. The van der Waals surface area contributed by atoms with E-state index in [4.69, 9.17) is 24.7 Å². The fourth-order valence-corrected chi connectivity index (χ4v) is 8.08. The van der Waals surface area contributed by atoms with Crippen LogP contribution >= 0.6 is 0 Å². The van der Waals surface area contributed by atoms with Crippen LogP contribution in [0, 0.1) is 41.9 Å². The maximum atomic E-state index is 10.7. The number of aliphatic hydroxyl groups excluding tert-OH is 1. The Balaban J connectivity index is 3.34. The zero-order valence-electron chi connectivity index (χ0n) is 32.6. The maximum Gasteiger partial charge on any atom is 0.192 e. The maximum absolute atomic E-state index is 10.7. The van der Waals surface area contributed by atoms with E-state index >= 15 is 0 Å². The molecule has 0 spiro atoms. The van der Waals surface area contributed by atoms with Crippen molar-refractivity contribution < 1.29 is 23.4 Å². The first kappa shape index (κ1) is 42.9. The number of hydrogen-bond acceptors (Lipinski definition) is 5. The molecule has 0 aliphatic rings. The summed E-state index contributed by atoms with van der Waals surface area (Å²) in [6, 6.07) is 8.15. The molecule has 1 rings (SSSR count). The van der Waals surface area contributed by atoms with Crippen molar-refractivity contribution in [1.29, 1.82) is 0 Å². The van der Waals surface area contributed by atoms with Crippen molar-refractivity contribution in [3.8, 4) is 18.1 Å². The van der Waals surface area contributed by atoms with E-state index in [-0.39, 0.29) is 46.0 Å². The number of methoxy groups -OCH3 is 1. The normalized spacial score (nSPS) is 18.5. The van der Waals surface area contributed by atoms with E-state index in [1.807, 2.05) is 19.1 Å². The highest BCUT2D eigenvalue weighted by Crippen LogP contribution is 2.41. The molecular weight excluding hydrogens is 605 g/mol. The van der Waals surface area contributed by atoms with Gasteiger partial charge in [0.15, 0.2) is 16.6 Å². The summed E-state index contributed by atoms with van der Waals surface area (Å²) < 4.78 is 26.3. The number of terminal acetylenes is 1. The SMILES string of the molecule is C#C[C@@H](C)[C@@H](O)[C@@H](C)C[C@@H](C)CC[C@@H](O[Si](C)(C)C(C)(C)C)[C@H](C)[C@@H](OCc1ccc(OC)cc1)[C@@H](C)CO[Si](C)(C)C(C)(C)C. The van der Waals surface area contributed by atoms with Crippen LogP contribution in [-0.4, -0.2) is 53.8 Å². The van der Waals surface area contributed by atoms with Gasteiger partial charge in [0.2, 0.25) is 0 Å². The van der Waals surface area contributed by atoms with Crippen LogP contribution in [0.25, 0.3) is 0 Å². The molecule has 0 aromatic heterocycles. The fraction of sp³-hybridized carbons (Fsp3) is 0.795. The largest absolute Gasteiger partial charge is 0.497 e. The van der Waals surface area contributed by atoms with Crippen molar-refractivity contribution in [3.05, 3.63) is 29.8 Å². The lowest BCUT2D eigenvalue weighted by atomic mass is 9.83. The summed E-state index contributed by atoms with van der Waals surface area (Å²) in [6.07, 6.45) is 8.03. The first-order chi connectivity index (χ1) is 21.0. The van der Waals surface area contributed by atoms with Crippen LogP contribution in [-0.2, 0) is 20.2 Å². The van der Waals surface area contributed by atoms with Gasteiger partial charge in [0.25, 0.3) is 0 Å². The summed E-state index contributed by atoms with van der Waals surface area (Å²) in [6.45, 7) is 35.3. The van der Waals surface area contributed by atoms with Crippen molar-refractivity contribution >= 4 is 16.6 Å². The number of aliphatic hydroxyl groups is 1. The molecule has 0 saturated carbocycles. The minimum atomic E-state index is -2.08. The first-order valence-corrected chi connectivity index (χ1v) is 23.5. The molecule has 0 bridgehead atoms. The molecule has 0 amide bonds. The molecule has 1 aromatic rings. The Bertz CT molecular complexity index is 1050. The van der Waals surface area contributed by atoms with Gasteiger partial charge in [0, 0.05) is 24.4 Å². The molecule has 0 fully saturated rings. The quantitative estimate of drug-likeness (QED) is 0.117. The van der Waals surface area contributed by atoms with Crippen LogP contribution < -0.4 is 4.74 Å². The van der Waals surface area contributed by atoms with Crippen molar-refractivity contribution in [1.82, 2.24) is 0 Å². The van der Waals surface area contributed by atoms with E-state index < -0.39 is 22.7 Å². The Kier molecular flexibility index (Phi) is 16.8. The summed E-state index contributed by atoms with van der Waals surface area (Å²) >= 11 is 0. The van der Waals surface area contributed by atoms with Crippen LogP contribution in [0.1, 0.15) is 101 Å². The highest BCUT2D eigenvalue weighted by atomic mass is 28.4. The Morgan fingerprint density at radius 3 is 1.85 bits per heavy atom. The lowest BCUT2D eigenvalue weighted by molar-refractivity contribution is -0.0726. The molecule has 0 unspecified atom stereocenters. The lowest BCUT2D eigenvalue weighted by Crippen LogP contribution is -2.49. The van der Waals surface area contributed by atoms with Gasteiger partial charge >= 0.3 is 0 Å². The fourth-order valence-electron chi connectivity index (χ4n) is 5.53. The van der Waals surface area contributed by atoms with Gasteiger partial charge < -0.3 is 23.4 Å². The summed E-state index contributed by atoms with van der Waals surface area (Å²) in [4.78, 5) is 0. The third kappa shape index (κ3) is 13.0. The summed E-state index contributed by atoms with van der Waals surface area (Å²) in [7, 11) is -2.32. The molecule has 0 heterocycles. The Labute approximate surface area is 287 Å². The first-order valence-electron chi connectivity index (χ1n) is 17.7. The van der Waals surface area contributed by atoms with Gasteiger partial charge in [-0.15, -0.1) is 12.3 Å². The molecule has 0 aliphatic heterocycles. The van der Waals surface area contributed by atoms with E-state index in [2.05, 4.69) is 113 Å². The number of rotatable bonds is 19. The van der Waals surface area contributed by atoms with E-state index in [1.165, 1.54) is 0 Å². The third-order valence-corrected chi connectivity index (χ3v) is 20.1. The zero-order valence-corrected chi connectivity index (χ0v) is 34.6. The predicted molar refractivity (Wildman–Crippen MR) is 201 cm³/mol. The summed E-state index contributed by atoms with van der Waals surface area (Å²) in [5.74, 6) is 4.33. The zero-order chi connectivity index (χ0) is 35.7. The van der Waals surface area contributed by atoms with E-state index in [1.54, 1.807) is 7.11 Å². The number of ether oxygens (including phenoxy) is 2. The second-order valence-electron chi connectivity index (χ2n) is 17.3. The molecule has 266 valence electrons.